The van der Waals surface area contributed by atoms with Crippen molar-refractivity contribution in [1.82, 2.24) is 5.32 Å². The molecule has 4 heteroatoms. The van der Waals surface area contributed by atoms with Crippen molar-refractivity contribution < 1.29 is 5.11 Å². The molecule has 0 radical (unpaired) electrons. The lowest BCUT2D eigenvalue weighted by Gasteiger charge is -2.15. The van der Waals surface area contributed by atoms with Gasteiger partial charge in [0.25, 0.3) is 0 Å². The Kier molecular flexibility index (Phi) is 5.71. The van der Waals surface area contributed by atoms with E-state index in [2.05, 4.69) is 17.4 Å². The molecular weight excluding hydrogens is 250 g/mol. The maximum atomic E-state index is 9.09. The molecule has 2 rings (SSSR count). The third-order valence-electron chi connectivity index (χ3n) is 2.78. The average molecular weight is 269 g/mol. The quantitative estimate of drug-likeness (QED) is 0.877. The zero-order valence-corrected chi connectivity index (χ0v) is 11.5. The summed E-state index contributed by atoms with van der Waals surface area (Å²) in [5.41, 5.74) is 2.25. The molecule has 0 aromatic heterocycles. The first-order valence-electron chi connectivity index (χ1n) is 5.96. The summed E-state index contributed by atoms with van der Waals surface area (Å²) >= 11 is 4.09. The van der Waals surface area contributed by atoms with Crippen molar-refractivity contribution in [2.24, 2.45) is 0 Å². The van der Waals surface area contributed by atoms with Gasteiger partial charge in [0.1, 0.15) is 0 Å². The van der Waals surface area contributed by atoms with Gasteiger partial charge in [0, 0.05) is 35.6 Å². The summed E-state index contributed by atoms with van der Waals surface area (Å²) in [4.78, 5) is 0. The molecule has 0 aliphatic carbocycles. The Balaban J connectivity index is 1.83. The second-order valence-electron chi connectivity index (χ2n) is 4.21. The Morgan fingerprint density at radius 1 is 1.18 bits per heavy atom. The van der Waals surface area contributed by atoms with Gasteiger partial charge in [-0.2, -0.15) is 23.5 Å². The number of hydrogen-bond donors (Lipinski definition) is 2. The van der Waals surface area contributed by atoms with E-state index in [0.717, 1.165) is 12.1 Å². The van der Waals surface area contributed by atoms with E-state index in [1.54, 1.807) is 0 Å². The van der Waals surface area contributed by atoms with Gasteiger partial charge in [-0.25, -0.2) is 0 Å². The molecule has 0 bridgehead atoms. The molecule has 0 spiro atoms. The van der Waals surface area contributed by atoms with Crippen LogP contribution in [0.5, 0.6) is 0 Å². The minimum Gasteiger partial charge on any atom is -0.392 e. The van der Waals surface area contributed by atoms with Gasteiger partial charge in [0.05, 0.1) is 6.61 Å². The highest BCUT2D eigenvalue weighted by atomic mass is 32.2. The normalized spacial score (nSPS) is 17.9. The first-order valence-corrected chi connectivity index (χ1v) is 8.27. The third-order valence-corrected chi connectivity index (χ3v) is 5.30. The molecule has 0 unspecified atom stereocenters. The van der Waals surface area contributed by atoms with Crippen molar-refractivity contribution in [3.8, 4) is 0 Å². The number of aliphatic hydroxyl groups is 1. The van der Waals surface area contributed by atoms with Crippen LogP contribution in [0.3, 0.4) is 0 Å². The average Bonchev–Trinajstić information content (AvgIpc) is 2.65. The van der Waals surface area contributed by atoms with E-state index >= 15 is 0 Å². The van der Waals surface area contributed by atoms with Crippen molar-refractivity contribution >= 4 is 23.5 Å². The fourth-order valence-electron chi connectivity index (χ4n) is 1.84. The van der Waals surface area contributed by atoms with E-state index in [9.17, 15) is 0 Å². The van der Waals surface area contributed by atoms with Crippen LogP contribution in [-0.2, 0) is 13.2 Å². The molecular formula is C13H19NOS2. The van der Waals surface area contributed by atoms with Crippen molar-refractivity contribution in [3.63, 3.8) is 0 Å². The molecule has 1 heterocycles. The maximum absolute atomic E-state index is 9.09. The van der Waals surface area contributed by atoms with E-state index in [1.165, 1.54) is 28.6 Å². The Labute approximate surface area is 112 Å². The van der Waals surface area contributed by atoms with Gasteiger partial charge in [0.2, 0.25) is 0 Å². The van der Waals surface area contributed by atoms with Crippen LogP contribution in [-0.4, -0.2) is 34.2 Å². The molecule has 0 atom stereocenters. The number of thioether (sulfide) groups is 2. The van der Waals surface area contributed by atoms with Crippen LogP contribution in [0.2, 0.25) is 0 Å². The fraction of sp³-hybridized carbons (Fsp3) is 0.538. The largest absolute Gasteiger partial charge is 0.392 e. The minimum atomic E-state index is 0.128. The molecule has 1 aliphatic heterocycles. The molecule has 17 heavy (non-hydrogen) atoms. The Hall–Kier alpha value is -0.160. The number of benzene rings is 1. The summed E-state index contributed by atoms with van der Waals surface area (Å²) in [6.45, 7) is 1.03. The lowest BCUT2D eigenvalue weighted by atomic mass is 10.1. The number of hydrogen-bond acceptors (Lipinski definition) is 4. The third kappa shape index (κ3) is 4.54. The van der Waals surface area contributed by atoms with Crippen LogP contribution in [0.4, 0.5) is 0 Å². The van der Waals surface area contributed by atoms with Crippen LogP contribution in [0.25, 0.3) is 0 Å². The van der Waals surface area contributed by atoms with Gasteiger partial charge in [-0.3, -0.25) is 0 Å². The lowest BCUT2D eigenvalue weighted by Crippen LogP contribution is -2.32. The summed E-state index contributed by atoms with van der Waals surface area (Å²) in [7, 11) is 0. The van der Waals surface area contributed by atoms with E-state index in [1.807, 2.05) is 35.7 Å². The Morgan fingerprint density at radius 2 is 1.88 bits per heavy atom. The predicted molar refractivity (Wildman–Crippen MR) is 77.6 cm³/mol. The summed E-state index contributed by atoms with van der Waals surface area (Å²) in [6, 6.07) is 8.78. The fourth-order valence-corrected chi connectivity index (χ4v) is 4.30. The molecule has 94 valence electrons. The first-order chi connectivity index (χ1) is 8.38. The highest BCUT2D eigenvalue weighted by Crippen LogP contribution is 2.17. The van der Waals surface area contributed by atoms with Crippen molar-refractivity contribution in [2.45, 2.75) is 19.2 Å². The highest BCUT2D eigenvalue weighted by Gasteiger charge is 2.11. The zero-order chi connectivity index (χ0) is 11.9. The van der Waals surface area contributed by atoms with Gasteiger partial charge in [-0.05, 0) is 11.1 Å². The van der Waals surface area contributed by atoms with E-state index in [0.29, 0.717) is 6.04 Å². The van der Waals surface area contributed by atoms with Crippen molar-refractivity contribution in [3.05, 3.63) is 35.4 Å². The standard InChI is InChI=1S/C13H19NOS2/c15-8-12-3-1-2-11(6-12)7-14-13-9-16-4-5-17-10-13/h1-3,6,13-15H,4-5,7-10H2. The van der Waals surface area contributed by atoms with Gasteiger partial charge in [-0.1, -0.05) is 24.3 Å². The number of aliphatic hydroxyl groups excluding tert-OH is 1. The zero-order valence-electron chi connectivity index (χ0n) is 9.89. The van der Waals surface area contributed by atoms with Gasteiger partial charge in [-0.15, -0.1) is 0 Å². The van der Waals surface area contributed by atoms with Crippen LogP contribution >= 0.6 is 23.5 Å². The lowest BCUT2D eigenvalue weighted by molar-refractivity contribution is 0.281. The van der Waals surface area contributed by atoms with E-state index < -0.39 is 0 Å². The van der Waals surface area contributed by atoms with Crippen molar-refractivity contribution in [1.29, 1.82) is 0 Å². The molecule has 1 aliphatic rings. The maximum Gasteiger partial charge on any atom is 0.0681 e. The first kappa shape index (κ1) is 13.3. The second kappa shape index (κ2) is 7.31. The van der Waals surface area contributed by atoms with Gasteiger partial charge < -0.3 is 10.4 Å². The second-order valence-corrected chi connectivity index (χ2v) is 6.51. The topological polar surface area (TPSA) is 32.3 Å². The molecule has 2 N–H and O–H groups in total. The van der Waals surface area contributed by atoms with E-state index in [4.69, 9.17) is 5.11 Å². The van der Waals surface area contributed by atoms with Crippen LogP contribution < -0.4 is 5.32 Å². The van der Waals surface area contributed by atoms with Gasteiger partial charge >= 0.3 is 0 Å². The van der Waals surface area contributed by atoms with Crippen LogP contribution in [0.15, 0.2) is 24.3 Å². The van der Waals surface area contributed by atoms with Gasteiger partial charge in [0.15, 0.2) is 0 Å². The highest BCUT2D eigenvalue weighted by molar-refractivity contribution is 8.03. The monoisotopic (exact) mass is 269 g/mol. The summed E-state index contributed by atoms with van der Waals surface area (Å²) in [6.07, 6.45) is 0. The van der Waals surface area contributed by atoms with Crippen LogP contribution in [0, 0.1) is 0 Å². The molecule has 0 saturated carbocycles. The Bertz CT molecular complexity index is 338. The molecule has 1 aromatic rings. The molecule has 1 fully saturated rings. The molecule has 1 saturated heterocycles. The van der Waals surface area contributed by atoms with Crippen LogP contribution in [0.1, 0.15) is 11.1 Å². The SMILES string of the molecule is OCc1cccc(CNC2CSCCSC2)c1. The number of nitrogens with one attached hydrogen (secondary N) is 1. The van der Waals surface area contributed by atoms with E-state index in [-0.39, 0.29) is 6.61 Å². The number of rotatable bonds is 4. The summed E-state index contributed by atoms with van der Waals surface area (Å²) in [5, 5.41) is 12.7. The molecule has 1 aromatic carbocycles. The predicted octanol–water partition coefficient (Wildman–Crippen LogP) is 2.12. The molecule has 0 amide bonds. The molecule has 2 nitrogen and oxygen atoms in total. The minimum absolute atomic E-state index is 0.128. The summed E-state index contributed by atoms with van der Waals surface area (Å²) < 4.78 is 0. The Morgan fingerprint density at radius 3 is 2.59 bits per heavy atom. The smallest absolute Gasteiger partial charge is 0.0681 e. The summed E-state index contributed by atoms with van der Waals surface area (Å²) in [5.74, 6) is 4.99. The van der Waals surface area contributed by atoms with Crippen molar-refractivity contribution in [2.75, 3.05) is 23.0 Å².